The Labute approximate surface area is 141 Å². The minimum absolute atomic E-state index is 0.0413. The molecule has 0 spiro atoms. The van der Waals surface area contributed by atoms with Crippen LogP contribution in [0.1, 0.15) is 6.92 Å². The highest BCUT2D eigenvalue weighted by atomic mass is 32.2. The van der Waals surface area contributed by atoms with Crippen molar-refractivity contribution < 1.29 is 14.3 Å². The van der Waals surface area contributed by atoms with Gasteiger partial charge >= 0.3 is 11.7 Å². The minimum Gasteiger partial charge on any atom is -0.497 e. The van der Waals surface area contributed by atoms with Crippen molar-refractivity contribution in [1.82, 2.24) is 20.1 Å². The first-order chi connectivity index (χ1) is 11.5. The zero-order chi connectivity index (χ0) is 17.5. The molecule has 1 aromatic heterocycles. The first-order valence-corrected chi connectivity index (χ1v) is 8.05. The normalized spacial score (nSPS) is 10.2. The minimum atomic E-state index is -0.638. The van der Waals surface area contributed by atoms with Crippen molar-refractivity contribution in [3.8, 4) is 5.75 Å². The lowest BCUT2D eigenvalue weighted by Crippen LogP contribution is -2.35. The number of nitrogens with zero attached hydrogens (tertiary/aromatic N) is 2. The number of carbonyl (C=O) groups excluding carboxylic acids is 2. The number of benzene rings is 1. The van der Waals surface area contributed by atoms with E-state index < -0.39 is 11.9 Å². The number of imide groups is 1. The van der Waals surface area contributed by atoms with Gasteiger partial charge in [0, 0.05) is 12.2 Å². The third-order valence-electron chi connectivity index (χ3n) is 2.97. The van der Waals surface area contributed by atoms with E-state index in [1.165, 1.54) is 4.57 Å². The summed E-state index contributed by atoms with van der Waals surface area (Å²) in [7, 11) is 1.54. The number of aromatic amines is 1. The van der Waals surface area contributed by atoms with Crippen LogP contribution in [0.25, 0.3) is 0 Å². The smallest absolute Gasteiger partial charge is 0.343 e. The Balaban J connectivity index is 1.82. The Hall–Kier alpha value is -2.75. The van der Waals surface area contributed by atoms with Crippen molar-refractivity contribution in [2.45, 2.75) is 18.6 Å². The van der Waals surface area contributed by atoms with Crippen molar-refractivity contribution in [2.24, 2.45) is 0 Å². The molecule has 0 aliphatic carbocycles. The Kier molecular flexibility index (Phi) is 6.01. The number of carbonyl (C=O) groups is 2. The van der Waals surface area contributed by atoms with Gasteiger partial charge in [-0.2, -0.15) is 0 Å². The number of amides is 3. The molecule has 0 aliphatic heterocycles. The number of urea groups is 1. The summed E-state index contributed by atoms with van der Waals surface area (Å²) in [6, 6.07) is 6.05. The van der Waals surface area contributed by atoms with Gasteiger partial charge in [0.25, 0.3) is 0 Å². The van der Waals surface area contributed by atoms with Gasteiger partial charge in [0.2, 0.25) is 5.91 Å². The molecule has 10 heteroatoms. The zero-order valence-corrected chi connectivity index (χ0v) is 14.0. The molecule has 1 aromatic carbocycles. The summed E-state index contributed by atoms with van der Waals surface area (Å²) in [5.74, 6) is 0.124. The van der Waals surface area contributed by atoms with Gasteiger partial charge in [-0.15, -0.1) is 5.10 Å². The molecule has 0 atom stereocenters. The number of thioether (sulfide) groups is 1. The molecule has 3 amide bonds. The molecular weight excluding hydrogens is 334 g/mol. The van der Waals surface area contributed by atoms with E-state index in [2.05, 4.69) is 20.8 Å². The largest absolute Gasteiger partial charge is 0.497 e. The molecule has 0 saturated heterocycles. The SMILES string of the molecule is CCn1c(SCC(=O)NC(=O)Nc2ccc(OC)cc2)n[nH]c1=O. The van der Waals surface area contributed by atoms with Crippen LogP contribution in [0, 0.1) is 0 Å². The number of aromatic nitrogens is 3. The maximum absolute atomic E-state index is 11.8. The average Bonchev–Trinajstić information content (AvgIpc) is 2.93. The monoisotopic (exact) mass is 351 g/mol. The molecule has 0 unspecified atom stereocenters. The van der Waals surface area contributed by atoms with Gasteiger partial charge in [-0.25, -0.2) is 14.7 Å². The van der Waals surface area contributed by atoms with Crippen LogP contribution in [0.5, 0.6) is 5.75 Å². The number of H-pyrrole nitrogens is 1. The Morgan fingerprint density at radius 2 is 2.04 bits per heavy atom. The van der Waals surface area contributed by atoms with Crippen molar-refractivity contribution in [2.75, 3.05) is 18.2 Å². The fourth-order valence-electron chi connectivity index (χ4n) is 1.82. The summed E-state index contributed by atoms with van der Waals surface area (Å²) in [6.07, 6.45) is 0. The van der Waals surface area contributed by atoms with Gasteiger partial charge in [-0.1, -0.05) is 11.8 Å². The predicted molar refractivity (Wildman–Crippen MR) is 89.4 cm³/mol. The standard InChI is InChI=1S/C14H17N5O4S/c1-3-19-13(22)17-18-14(19)24-8-11(20)16-12(21)15-9-4-6-10(23-2)7-5-9/h4-7H,3,8H2,1-2H3,(H,17,22)(H2,15,16,20,21). The van der Waals surface area contributed by atoms with E-state index >= 15 is 0 Å². The van der Waals surface area contributed by atoms with E-state index in [0.717, 1.165) is 11.8 Å². The highest BCUT2D eigenvalue weighted by molar-refractivity contribution is 7.99. The van der Waals surface area contributed by atoms with Crippen LogP contribution < -0.4 is 21.1 Å². The van der Waals surface area contributed by atoms with Gasteiger partial charge < -0.3 is 10.1 Å². The summed E-state index contributed by atoms with van der Waals surface area (Å²) < 4.78 is 6.41. The molecule has 3 N–H and O–H groups in total. The van der Waals surface area contributed by atoms with Gasteiger partial charge in [-0.3, -0.25) is 14.7 Å². The maximum atomic E-state index is 11.8. The molecule has 2 aromatic rings. The summed E-state index contributed by atoms with van der Waals surface area (Å²) in [5.41, 5.74) is 0.193. The maximum Gasteiger partial charge on any atom is 0.343 e. The van der Waals surface area contributed by atoms with Crippen molar-refractivity contribution in [3.05, 3.63) is 34.7 Å². The molecule has 2 rings (SSSR count). The van der Waals surface area contributed by atoms with Crippen molar-refractivity contribution in [3.63, 3.8) is 0 Å². The van der Waals surface area contributed by atoms with Crippen LogP contribution in [0.4, 0.5) is 10.5 Å². The highest BCUT2D eigenvalue weighted by Gasteiger charge is 2.12. The predicted octanol–water partition coefficient (Wildman–Crippen LogP) is 1.04. The quantitative estimate of drug-likeness (QED) is 0.669. The molecular formula is C14H17N5O4S. The summed E-state index contributed by atoms with van der Waals surface area (Å²) in [5, 5.41) is 11.3. The van der Waals surface area contributed by atoms with Gasteiger partial charge in [0.15, 0.2) is 5.16 Å². The van der Waals surface area contributed by atoms with E-state index in [1.54, 1.807) is 38.3 Å². The van der Waals surface area contributed by atoms with E-state index in [9.17, 15) is 14.4 Å². The molecule has 1 heterocycles. The number of rotatable bonds is 6. The third kappa shape index (κ3) is 4.62. The van der Waals surface area contributed by atoms with Crippen molar-refractivity contribution >= 4 is 29.4 Å². The number of hydrogen-bond acceptors (Lipinski definition) is 6. The molecule has 0 fully saturated rings. The molecule has 0 saturated carbocycles. The first kappa shape index (κ1) is 17.6. The topological polar surface area (TPSA) is 118 Å². The fraction of sp³-hybridized carbons (Fsp3) is 0.286. The first-order valence-electron chi connectivity index (χ1n) is 7.06. The van der Waals surface area contributed by atoms with E-state index in [4.69, 9.17) is 4.74 Å². The summed E-state index contributed by atoms with van der Waals surface area (Å²) in [6.45, 7) is 2.24. The number of methoxy groups -OCH3 is 1. The van der Waals surface area contributed by atoms with Gasteiger partial charge in [-0.05, 0) is 31.2 Å². The Morgan fingerprint density at radius 3 is 2.67 bits per heavy atom. The van der Waals surface area contributed by atoms with E-state index in [1.807, 2.05) is 0 Å². The Morgan fingerprint density at radius 1 is 1.33 bits per heavy atom. The lowest BCUT2D eigenvalue weighted by atomic mass is 10.3. The number of anilines is 1. The Bertz CT molecular complexity index is 768. The second-order valence-corrected chi connectivity index (χ2v) is 5.52. The van der Waals surface area contributed by atoms with Crippen LogP contribution in [-0.4, -0.2) is 39.6 Å². The van der Waals surface area contributed by atoms with Gasteiger partial charge in [0.1, 0.15) is 5.75 Å². The molecule has 24 heavy (non-hydrogen) atoms. The number of nitrogens with one attached hydrogen (secondary N) is 3. The average molecular weight is 351 g/mol. The third-order valence-corrected chi connectivity index (χ3v) is 3.95. The lowest BCUT2D eigenvalue weighted by Gasteiger charge is -2.07. The van der Waals surface area contributed by atoms with Crippen LogP contribution in [0.2, 0.25) is 0 Å². The van der Waals surface area contributed by atoms with Crippen LogP contribution in [0.3, 0.4) is 0 Å². The second-order valence-electron chi connectivity index (χ2n) is 4.58. The van der Waals surface area contributed by atoms with Crippen LogP contribution >= 0.6 is 11.8 Å². The summed E-state index contributed by atoms with van der Waals surface area (Å²) >= 11 is 1.07. The molecule has 9 nitrogen and oxygen atoms in total. The second kappa shape index (κ2) is 8.20. The van der Waals surface area contributed by atoms with Crippen LogP contribution in [-0.2, 0) is 11.3 Å². The molecule has 0 radical (unpaired) electrons. The van der Waals surface area contributed by atoms with Crippen molar-refractivity contribution in [1.29, 1.82) is 0 Å². The molecule has 0 bridgehead atoms. The number of hydrogen-bond donors (Lipinski definition) is 3. The molecule has 0 aliphatic rings. The fourth-order valence-corrected chi connectivity index (χ4v) is 2.63. The lowest BCUT2D eigenvalue weighted by molar-refractivity contribution is -0.117. The zero-order valence-electron chi connectivity index (χ0n) is 13.2. The van der Waals surface area contributed by atoms with E-state index in [0.29, 0.717) is 23.1 Å². The molecule has 128 valence electrons. The van der Waals surface area contributed by atoms with E-state index in [-0.39, 0.29) is 11.4 Å². The summed E-state index contributed by atoms with van der Waals surface area (Å²) in [4.78, 5) is 34.9. The number of ether oxygens (including phenoxy) is 1. The van der Waals surface area contributed by atoms with Gasteiger partial charge in [0.05, 0.1) is 12.9 Å². The van der Waals surface area contributed by atoms with Crippen LogP contribution in [0.15, 0.2) is 34.2 Å². The highest BCUT2D eigenvalue weighted by Crippen LogP contribution is 2.15.